The molecule has 1 fully saturated rings. The summed E-state index contributed by atoms with van der Waals surface area (Å²) in [7, 11) is 1.68. The third kappa shape index (κ3) is 3.32. The number of nitrogens with one attached hydrogen (secondary N) is 1. The molecular weight excluding hydrogens is 342 g/mol. The first-order chi connectivity index (χ1) is 13.1. The average molecular weight is 369 g/mol. The molecule has 1 N–H and O–H groups in total. The molecule has 0 radical (unpaired) electrons. The number of carbonyl (C=O) groups excluding carboxylic acids is 1. The van der Waals surface area contributed by atoms with Gasteiger partial charge in [0.15, 0.2) is 5.69 Å². The summed E-state index contributed by atoms with van der Waals surface area (Å²) in [6.07, 6.45) is 4.80. The Morgan fingerprint density at radius 2 is 2.19 bits per heavy atom. The number of nitrogens with zero attached hydrogens (tertiary/aromatic N) is 4. The first-order valence-corrected chi connectivity index (χ1v) is 9.70. The van der Waals surface area contributed by atoms with Crippen LogP contribution in [0.15, 0.2) is 24.4 Å². The van der Waals surface area contributed by atoms with Crippen molar-refractivity contribution in [1.29, 1.82) is 0 Å². The second kappa shape index (κ2) is 7.31. The van der Waals surface area contributed by atoms with Crippen LogP contribution in [0.5, 0.6) is 5.75 Å². The molecule has 3 heterocycles. The van der Waals surface area contributed by atoms with Crippen molar-refractivity contribution in [1.82, 2.24) is 25.2 Å². The highest BCUT2D eigenvalue weighted by Crippen LogP contribution is 2.35. The van der Waals surface area contributed by atoms with Crippen LogP contribution in [0.25, 0.3) is 0 Å². The van der Waals surface area contributed by atoms with Crippen LogP contribution in [-0.4, -0.2) is 52.0 Å². The van der Waals surface area contributed by atoms with Crippen LogP contribution < -0.4 is 10.1 Å². The van der Waals surface area contributed by atoms with E-state index in [-0.39, 0.29) is 24.0 Å². The molecule has 3 unspecified atom stereocenters. The number of hydrogen-bond donors (Lipinski definition) is 1. The largest absolute Gasteiger partial charge is 0.497 e. The molecular formula is C20H27N5O2. The molecule has 4 rings (SSSR count). The van der Waals surface area contributed by atoms with Crippen LogP contribution in [0.3, 0.4) is 0 Å². The lowest BCUT2D eigenvalue weighted by atomic mass is 9.89. The van der Waals surface area contributed by atoms with E-state index in [4.69, 9.17) is 4.74 Å². The number of carbonyl (C=O) groups is 1. The van der Waals surface area contributed by atoms with Crippen LogP contribution >= 0.6 is 0 Å². The lowest BCUT2D eigenvalue weighted by molar-refractivity contribution is 0.0574. The number of fused-ring (bicyclic) bond motifs is 1. The normalized spacial score (nSPS) is 25.1. The second-order valence-corrected chi connectivity index (χ2v) is 7.59. The van der Waals surface area contributed by atoms with Gasteiger partial charge in [-0.1, -0.05) is 11.3 Å². The van der Waals surface area contributed by atoms with E-state index in [1.807, 2.05) is 21.8 Å². The van der Waals surface area contributed by atoms with E-state index in [1.54, 1.807) is 7.11 Å². The maximum Gasteiger partial charge on any atom is 0.276 e. The van der Waals surface area contributed by atoms with E-state index in [0.29, 0.717) is 5.69 Å². The zero-order valence-corrected chi connectivity index (χ0v) is 16.2. The Balaban J connectivity index is 1.57. The van der Waals surface area contributed by atoms with Crippen LogP contribution in [0.2, 0.25) is 0 Å². The first kappa shape index (κ1) is 18.0. The third-order valence-electron chi connectivity index (χ3n) is 5.82. The molecule has 1 saturated heterocycles. The number of methoxy groups -OCH3 is 1. The van der Waals surface area contributed by atoms with Gasteiger partial charge in [0.05, 0.1) is 25.4 Å². The van der Waals surface area contributed by atoms with Gasteiger partial charge in [0, 0.05) is 12.6 Å². The molecule has 1 aromatic heterocycles. The Morgan fingerprint density at radius 1 is 1.33 bits per heavy atom. The average Bonchev–Trinajstić information content (AvgIpc) is 3.18. The van der Waals surface area contributed by atoms with E-state index < -0.39 is 0 Å². The predicted octanol–water partition coefficient (Wildman–Crippen LogP) is 2.36. The van der Waals surface area contributed by atoms with Gasteiger partial charge < -0.3 is 15.0 Å². The Labute approximate surface area is 159 Å². The van der Waals surface area contributed by atoms with Crippen LogP contribution in [-0.2, 0) is 6.42 Å². The number of aromatic nitrogens is 3. The quantitative estimate of drug-likeness (QED) is 0.899. The molecule has 2 aliphatic rings. The molecule has 0 aliphatic carbocycles. The van der Waals surface area contributed by atoms with Crippen molar-refractivity contribution in [2.75, 3.05) is 20.2 Å². The van der Waals surface area contributed by atoms with Gasteiger partial charge >= 0.3 is 0 Å². The van der Waals surface area contributed by atoms with Crippen molar-refractivity contribution >= 4 is 5.91 Å². The van der Waals surface area contributed by atoms with Crippen LogP contribution in [0, 0.1) is 0 Å². The Morgan fingerprint density at radius 3 is 2.93 bits per heavy atom. The summed E-state index contributed by atoms with van der Waals surface area (Å²) in [4.78, 5) is 15.2. The second-order valence-electron chi connectivity index (χ2n) is 7.59. The topological polar surface area (TPSA) is 72.3 Å². The lowest BCUT2D eigenvalue weighted by Gasteiger charge is -2.40. The van der Waals surface area contributed by atoms with E-state index in [0.717, 1.165) is 38.1 Å². The van der Waals surface area contributed by atoms with Gasteiger partial charge in [-0.2, -0.15) is 0 Å². The van der Waals surface area contributed by atoms with Gasteiger partial charge in [-0.3, -0.25) is 4.79 Å². The molecule has 0 saturated carbocycles. The predicted molar refractivity (Wildman–Crippen MR) is 102 cm³/mol. The van der Waals surface area contributed by atoms with Crippen molar-refractivity contribution in [2.24, 2.45) is 0 Å². The summed E-state index contributed by atoms with van der Waals surface area (Å²) >= 11 is 0. The summed E-state index contributed by atoms with van der Waals surface area (Å²) in [5.74, 6) is 0.809. The molecule has 2 aliphatic heterocycles. The fourth-order valence-electron chi connectivity index (χ4n) is 4.36. The van der Waals surface area contributed by atoms with Gasteiger partial charge in [0.25, 0.3) is 5.91 Å². The van der Waals surface area contributed by atoms with E-state index in [9.17, 15) is 4.79 Å². The van der Waals surface area contributed by atoms with Crippen LogP contribution in [0.4, 0.5) is 0 Å². The number of hydrogen-bond acceptors (Lipinski definition) is 5. The monoisotopic (exact) mass is 369 g/mol. The zero-order valence-electron chi connectivity index (χ0n) is 16.2. The molecule has 7 heteroatoms. The smallest absolute Gasteiger partial charge is 0.276 e. The summed E-state index contributed by atoms with van der Waals surface area (Å²) in [6.45, 7) is 6.09. The Kier molecular flexibility index (Phi) is 4.86. The minimum atomic E-state index is -0.0495. The lowest BCUT2D eigenvalue weighted by Crippen LogP contribution is -2.45. The molecule has 2 aromatic rings. The van der Waals surface area contributed by atoms with Crippen molar-refractivity contribution in [3.63, 3.8) is 0 Å². The Hall–Kier alpha value is -2.41. The maximum absolute atomic E-state index is 13.2. The van der Waals surface area contributed by atoms with E-state index >= 15 is 0 Å². The minimum Gasteiger partial charge on any atom is -0.497 e. The van der Waals surface area contributed by atoms with Crippen LogP contribution in [0.1, 0.15) is 60.4 Å². The molecule has 0 bridgehead atoms. The summed E-state index contributed by atoms with van der Waals surface area (Å²) in [5.41, 5.74) is 2.85. The van der Waals surface area contributed by atoms with Gasteiger partial charge in [-0.05, 0) is 62.9 Å². The van der Waals surface area contributed by atoms with Gasteiger partial charge in [0.2, 0.25) is 0 Å². The van der Waals surface area contributed by atoms with E-state index in [1.165, 1.54) is 11.1 Å². The Bertz CT molecular complexity index is 828. The summed E-state index contributed by atoms with van der Waals surface area (Å²) in [6, 6.07) is 6.46. The van der Waals surface area contributed by atoms with Crippen molar-refractivity contribution in [3.8, 4) is 5.75 Å². The van der Waals surface area contributed by atoms with Crippen molar-refractivity contribution < 1.29 is 9.53 Å². The van der Waals surface area contributed by atoms with Crippen molar-refractivity contribution in [2.45, 2.75) is 51.2 Å². The molecule has 1 aromatic carbocycles. The highest BCUT2D eigenvalue weighted by Gasteiger charge is 2.34. The molecule has 7 nitrogen and oxygen atoms in total. The SMILES string of the molecule is COc1ccc2c(c1)CC(C)N(C(=O)c1cn(C3CCCNC3)nn1)C2C. The summed E-state index contributed by atoms with van der Waals surface area (Å²) in [5, 5.41) is 11.8. The fraction of sp³-hybridized carbons (Fsp3) is 0.550. The number of amides is 1. The standard InChI is InChI=1S/C20H27N5O2/c1-13-9-15-10-17(27-3)6-7-18(15)14(2)25(13)20(26)19-12-24(23-22-19)16-5-4-8-21-11-16/h6-7,10,12-14,16,21H,4-5,8-9,11H2,1-3H3. The zero-order chi connectivity index (χ0) is 19.0. The highest BCUT2D eigenvalue weighted by molar-refractivity contribution is 5.92. The van der Waals surface area contributed by atoms with Crippen molar-refractivity contribution in [3.05, 3.63) is 41.2 Å². The number of benzene rings is 1. The molecule has 144 valence electrons. The molecule has 27 heavy (non-hydrogen) atoms. The first-order valence-electron chi connectivity index (χ1n) is 9.70. The highest BCUT2D eigenvalue weighted by atomic mass is 16.5. The number of ether oxygens (including phenoxy) is 1. The minimum absolute atomic E-state index is 0.0105. The van der Waals surface area contributed by atoms with Gasteiger partial charge in [-0.25, -0.2) is 4.68 Å². The van der Waals surface area contributed by atoms with Gasteiger partial charge in [0.1, 0.15) is 5.75 Å². The summed E-state index contributed by atoms with van der Waals surface area (Å²) < 4.78 is 7.19. The van der Waals surface area contributed by atoms with Gasteiger partial charge in [-0.15, -0.1) is 5.10 Å². The third-order valence-corrected chi connectivity index (χ3v) is 5.82. The fourth-order valence-corrected chi connectivity index (χ4v) is 4.36. The number of rotatable bonds is 3. The molecule has 1 amide bonds. The number of piperidine rings is 1. The molecule has 0 spiro atoms. The maximum atomic E-state index is 13.2. The molecule has 3 atom stereocenters. The van der Waals surface area contributed by atoms with E-state index in [2.05, 4.69) is 41.6 Å².